The Hall–Kier alpha value is -4.05. The van der Waals surface area contributed by atoms with Gasteiger partial charge in [0.2, 0.25) is 34.7 Å². The molecule has 74 heavy (non-hydrogen) atoms. The van der Waals surface area contributed by atoms with Crippen molar-refractivity contribution in [3.05, 3.63) is 59.7 Å². The van der Waals surface area contributed by atoms with Crippen molar-refractivity contribution in [3.63, 3.8) is 0 Å². The number of ether oxygens (including phenoxy) is 2. The second-order valence-corrected chi connectivity index (χ2v) is 23.7. The van der Waals surface area contributed by atoms with Crippen molar-refractivity contribution in [2.75, 3.05) is 13.4 Å². The first-order valence-electron chi connectivity index (χ1n) is 28.3. The van der Waals surface area contributed by atoms with Crippen LogP contribution in [0.5, 0.6) is 0 Å². The Labute approximate surface area is 445 Å². The summed E-state index contributed by atoms with van der Waals surface area (Å²) in [7, 11) is 1.00. The minimum Gasteiger partial charge on any atom is -0.400 e. The number of benzene rings is 1. The van der Waals surface area contributed by atoms with E-state index in [2.05, 4.69) is 44.8 Å². The van der Waals surface area contributed by atoms with E-state index >= 15 is 0 Å². The van der Waals surface area contributed by atoms with Crippen molar-refractivity contribution in [1.82, 2.24) is 26.6 Å². The van der Waals surface area contributed by atoms with Gasteiger partial charge in [-0.3, -0.25) is 28.8 Å². The second kappa shape index (κ2) is 26.8. The van der Waals surface area contributed by atoms with Gasteiger partial charge in [0, 0.05) is 89.3 Å². The van der Waals surface area contributed by atoms with Crippen molar-refractivity contribution in [2.45, 2.75) is 211 Å². The van der Waals surface area contributed by atoms with E-state index in [0.717, 1.165) is 68.4 Å². The molecule has 1 spiro atoms. The molecule has 5 amide bonds. The van der Waals surface area contributed by atoms with Gasteiger partial charge in [-0.1, -0.05) is 78.7 Å². The highest BCUT2D eigenvalue weighted by Crippen LogP contribution is 2.61. The summed E-state index contributed by atoms with van der Waals surface area (Å²) in [6, 6.07) is 11.5. The highest BCUT2D eigenvalue weighted by molar-refractivity contribution is 8.13. The van der Waals surface area contributed by atoms with Crippen LogP contribution < -0.4 is 26.6 Å². The molecular formula is C59H89N5O9S. The molecule has 17 atom stereocenters. The number of fused-ring (bicyclic) bond motifs is 6. The zero-order valence-corrected chi connectivity index (χ0v) is 46.2. The predicted molar refractivity (Wildman–Crippen MR) is 290 cm³/mol. The van der Waals surface area contributed by atoms with Crippen LogP contribution >= 0.6 is 11.8 Å². The molecule has 2 saturated heterocycles. The summed E-state index contributed by atoms with van der Waals surface area (Å²) >= 11 is 1.24. The molecule has 1 aromatic carbocycles. The lowest BCUT2D eigenvalue weighted by atomic mass is 9.96. The first-order valence-corrected chi connectivity index (χ1v) is 29.5. The Kier molecular flexibility index (Phi) is 20.9. The van der Waals surface area contributed by atoms with E-state index in [1.54, 1.807) is 46.4 Å². The molecular weight excluding hydrogens is 955 g/mol. The molecule has 10 fully saturated rings. The van der Waals surface area contributed by atoms with Crippen LogP contribution in [0.2, 0.25) is 0 Å². The number of hydrogen-bond donors (Lipinski definition) is 6. The number of rotatable bonds is 6. The van der Waals surface area contributed by atoms with E-state index in [4.69, 9.17) is 14.6 Å². The molecule has 8 saturated carbocycles. The normalized spacial score (nSPS) is 37.3. The third-order valence-corrected chi connectivity index (χ3v) is 19.1. The van der Waals surface area contributed by atoms with Crippen molar-refractivity contribution in [1.29, 1.82) is 0 Å². The van der Waals surface area contributed by atoms with Gasteiger partial charge in [-0.2, -0.15) is 0 Å². The van der Waals surface area contributed by atoms with Gasteiger partial charge in [0.25, 0.3) is 0 Å². The standard InChI is InChI=1S/2C10H15NO2.C10H17NO.2C10H15NO.C8H8OS.CH4O/c1-6(12)11-8-4-5-10-7(8)2-3-9(10)13-10;1-5(12)11-8-3-2-6-7(8)4-9-10(6)13-9;3*1-7(12)11-10-6-5-8-3-2-4-9(8)10;1-10-8(9)7-5-3-2-4-6-7;1-2/h7-9H,2-5H2,1H3,(H,11,12);6-10H,2-4H2,1H3,(H,11,12);8-10H,2-6H2,1H3,(H,11,12);3,9-10H,2,4-6H2,1H3,(H,11,12);2-3,8-10H,4-6H2,1H3,(H,11,12);2-6H,1H3;2H,1H3. The van der Waals surface area contributed by atoms with Crippen LogP contribution in [0, 0.1) is 47.3 Å². The smallest absolute Gasteiger partial charge is 0.219 e. The minimum absolute atomic E-state index is 0.103. The summed E-state index contributed by atoms with van der Waals surface area (Å²) in [5.74, 6) is 6.56. The number of epoxide rings is 2. The predicted octanol–water partition coefficient (Wildman–Crippen LogP) is 8.12. The summed E-state index contributed by atoms with van der Waals surface area (Å²) in [5, 5.41) is 22.4. The zero-order valence-electron chi connectivity index (χ0n) is 45.4. The van der Waals surface area contributed by atoms with Gasteiger partial charge in [0.1, 0.15) is 0 Å². The molecule has 17 unspecified atom stereocenters. The fourth-order valence-electron chi connectivity index (χ4n) is 15.4. The molecule has 410 valence electrons. The van der Waals surface area contributed by atoms with Crippen LogP contribution in [0.4, 0.5) is 0 Å². The van der Waals surface area contributed by atoms with Gasteiger partial charge in [-0.25, -0.2) is 0 Å². The highest BCUT2D eigenvalue weighted by Gasteiger charge is 2.69. The summed E-state index contributed by atoms with van der Waals surface area (Å²) in [5.41, 5.74) is 2.58. The lowest BCUT2D eigenvalue weighted by Crippen LogP contribution is -2.38. The van der Waals surface area contributed by atoms with E-state index in [-0.39, 0.29) is 40.3 Å². The zero-order chi connectivity index (χ0) is 53.1. The molecule has 2 aliphatic heterocycles. The van der Waals surface area contributed by atoms with Crippen molar-refractivity contribution < 1.29 is 43.3 Å². The van der Waals surface area contributed by atoms with Gasteiger partial charge in [-0.05, 0) is 151 Å². The van der Waals surface area contributed by atoms with E-state index in [1.165, 1.54) is 102 Å². The van der Waals surface area contributed by atoms with Crippen LogP contribution in [-0.4, -0.2) is 107 Å². The van der Waals surface area contributed by atoms with Gasteiger partial charge < -0.3 is 41.2 Å². The molecule has 2 heterocycles. The highest BCUT2D eigenvalue weighted by atomic mass is 32.2. The lowest BCUT2D eigenvalue weighted by Gasteiger charge is -2.20. The van der Waals surface area contributed by atoms with E-state index < -0.39 is 0 Å². The third-order valence-electron chi connectivity index (χ3n) is 18.5. The molecule has 0 radical (unpaired) electrons. The molecule has 0 aromatic heterocycles. The van der Waals surface area contributed by atoms with Crippen molar-refractivity contribution in [3.8, 4) is 0 Å². The number of carbonyl (C=O) groups excluding carboxylic acids is 6. The van der Waals surface area contributed by atoms with E-state index in [1.807, 2.05) is 30.3 Å². The molecule has 12 aliphatic rings. The Morgan fingerprint density at radius 3 is 1.91 bits per heavy atom. The fraction of sp³-hybridized carbons (Fsp3) is 0.729. The molecule has 1 aromatic rings. The SMILES string of the molecule is CC(=O)NC1CCC23OC2CCC13.CC(=O)NC1CCC2=CCCC21.CC(=O)NC1CCC2C1CC1OC12.CC(=O)NC1CCC2C=CCC21.CC(=O)NC1CCC2CCCC21.CO.CSC(=O)c1ccccc1. The molecule has 14 nitrogen and oxygen atoms in total. The summed E-state index contributed by atoms with van der Waals surface area (Å²) in [4.78, 5) is 65.5. The number of hydrogen-bond acceptors (Lipinski definition) is 10. The Morgan fingerprint density at radius 1 is 0.622 bits per heavy atom. The molecule has 10 aliphatic carbocycles. The lowest BCUT2D eigenvalue weighted by molar-refractivity contribution is -0.120. The molecule has 0 bridgehead atoms. The molecule has 15 heteroatoms. The monoisotopic (exact) mass is 1040 g/mol. The number of aliphatic hydroxyl groups is 1. The largest absolute Gasteiger partial charge is 0.400 e. The first-order chi connectivity index (χ1) is 35.6. The van der Waals surface area contributed by atoms with Crippen LogP contribution in [0.15, 0.2) is 54.1 Å². The van der Waals surface area contributed by atoms with E-state index in [0.29, 0.717) is 72.2 Å². The number of nitrogens with one attached hydrogen (secondary N) is 5. The fourth-order valence-corrected chi connectivity index (χ4v) is 15.8. The second-order valence-electron chi connectivity index (χ2n) is 23.0. The van der Waals surface area contributed by atoms with Gasteiger partial charge in [0.05, 0.1) is 23.9 Å². The molecule has 6 N–H and O–H groups in total. The summed E-state index contributed by atoms with van der Waals surface area (Å²) in [6.45, 7) is 8.05. The first kappa shape index (κ1) is 57.7. The summed E-state index contributed by atoms with van der Waals surface area (Å²) < 4.78 is 11.2. The Morgan fingerprint density at radius 2 is 1.24 bits per heavy atom. The maximum atomic E-state index is 11.0. The molecule has 13 rings (SSSR count). The number of aliphatic hydroxyl groups excluding tert-OH is 1. The number of amides is 5. The van der Waals surface area contributed by atoms with E-state index in [9.17, 15) is 28.8 Å². The maximum Gasteiger partial charge on any atom is 0.219 e. The van der Waals surface area contributed by atoms with Crippen LogP contribution in [0.3, 0.4) is 0 Å². The van der Waals surface area contributed by atoms with Gasteiger partial charge in [-0.15, -0.1) is 0 Å². The quantitative estimate of drug-likeness (QED) is 0.119. The van der Waals surface area contributed by atoms with Crippen LogP contribution in [0.25, 0.3) is 0 Å². The topological polar surface area (TPSA) is 208 Å². The van der Waals surface area contributed by atoms with Crippen LogP contribution in [-0.2, 0) is 33.4 Å². The number of thioether (sulfide) groups is 1. The number of allylic oxidation sites excluding steroid dienone is 3. The van der Waals surface area contributed by atoms with Crippen LogP contribution in [0.1, 0.15) is 167 Å². The van der Waals surface area contributed by atoms with Crippen molar-refractivity contribution in [2.24, 2.45) is 47.3 Å². The minimum atomic E-state index is 0.103. The van der Waals surface area contributed by atoms with Gasteiger partial charge in [0.15, 0.2) is 0 Å². The Balaban J connectivity index is 0.000000129. The summed E-state index contributed by atoms with van der Waals surface area (Å²) in [6.07, 6.45) is 33.8. The average molecular weight is 1040 g/mol. The third kappa shape index (κ3) is 14.7. The average Bonchev–Trinajstić information content (AvgIpc) is 4.12. The maximum absolute atomic E-state index is 11.0. The van der Waals surface area contributed by atoms with Gasteiger partial charge >= 0.3 is 0 Å². The Bertz CT molecular complexity index is 2140. The van der Waals surface area contributed by atoms with Crippen molar-refractivity contribution >= 4 is 46.4 Å². The number of carbonyl (C=O) groups is 6.